The van der Waals surface area contributed by atoms with Crippen molar-refractivity contribution in [3.8, 4) is 0 Å². The van der Waals surface area contributed by atoms with Gasteiger partial charge in [-0.25, -0.2) is 8.42 Å². The summed E-state index contributed by atoms with van der Waals surface area (Å²) in [5, 5.41) is 3.08. The molecule has 0 radical (unpaired) electrons. The molecule has 5 nitrogen and oxygen atoms in total. The predicted octanol–water partition coefficient (Wildman–Crippen LogP) is 3.83. The predicted molar refractivity (Wildman–Crippen MR) is 119 cm³/mol. The number of hydrogen-bond donors (Lipinski definition) is 1. The number of benzene rings is 3. The van der Waals surface area contributed by atoms with E-state index in [0.29, 0.717) is 5.56 Å². The topological polar surface area (TPSA) is 66.5 Å². The molecule has 2 unspecified atom stereocenters. The fourth-order valence-electron chi connectivity index (χ4n) is 3.43. The van der Waals surface area contributed by atoms with Gasteiger partial charge in [-0.1, -0.05) is 90.5 Å². The van der Waals surface area contributed by atoms with Crippen LogP contribution in [0, 0.1) is 6.92 Å². The highest BCUT2D eigenvalue weighted by molar-refractivity contribution is 7.88. The van der Waals surface area contributed by atoms with Crippen LogP contribution in [0.3, 0.4) is 0 Å². The molecule has 3 aromatic rings. The van der Waals surface area contributed by atoms with Crippen molar-refractivity contribution >= 4 is 15.9 Å². The van der Waals surface area contributed by atoms with Crippen LogP contribution in [0.1, 0.15) is 34.3 Å². The van der Waals surface area contributed by atoms with E-state index in [2.05, 4.69) is 5.32 Å². The fraction of sp³-hybridized carbons (Fsp3) is 0.208. The monoisotopic (exact) mass is 422 g/mol. The number of nitrogens with zero attached hydrogens (tertiary/aromatic N) is 1. The molecular weight excluding hydrogens is 396 g/mol. The van der Waals surface area contributed by atoms with Crippen LogP contribution in [0.5, 0.6) is 0 Å². The third-order valence-corrected chi connectivity index (χ3v) is 6.30. The number of likely N-dealkylation sites (N-methyl/N-ethyl adjacent to an activating group) is 1. The van der Waals surface area contributed by atoms with Crippen molar-refractivity contribution < 1.29 is 13.2 Å². The molecule has 6 heteroatoms. The Morgan fingerprint density at radius 3 is 1.90 bits per heavy atom. The van der Waals surface area contributed by atoms with Gasteiger partial charge < -0.3 is 5.32 Å². The zero-order valence-electron chi connectivity index (χ0n) is 17.3. The number of nitrogens with one attached hydrogen (secondary N) is 1. The molecule has 2 atom stereocenters. The first kappa shape index (κ1) is 21.7. The molecule has 0 aliphatic heterocycles. The summed E-state index contributed by atoms with van der Waals surface area (Å²) in [6, 6.07) is 25.1. The molecule has 0 fully saturated rings. The Hall–Kier alpha value is -2.96. The van der Waals surface area contributed by atoms with Gasteiger partial charge in [0.2, 0.25) is 15.9 Å². The third kappa shape index (κ3) is 5.14. The van der Waals surface area contributed by atoms with E-state index in [1.807, 2.05) is 67.6 Å². The van der Waals surface area contributed by atoms with E-state index in [4.69, 9.17) is 0 Å². The lowest BCUT2D eigenvalue weighted by Crippen LogP contribution is -2.42. The molecule has 1 amide bonds. The number of rotatable bonds is 7. The molecule has 0 spiro atoms. The van der Waals surface area contributed by atoms with Crippen LogP contribution in [0.25, 0.3) is 0 Å². The Morgan fingerprint density at radius 1 is 0.833 bits per heavy atom. The van der Waals surface area contributed by atoms with Crippen molar-refractivity contribution in [2.24, 2.45) is 0 Å². The van der Waals surface area contributed by atoms with Gasteiger partial charge in [0.1, 0.15) is 6.04 Å². The fourth-order valence-corrected chi connectivity index (χ4v) is 4.03. The third-order valence-electron chi connectivity index (χ3n) is 5.05. The molecule has 3 rings (SSSR count). The second-order valence-corrected chi connectivity index (χ2v) is 9.40. The van der Waals surface area contributed by atoms with E-state index in [9.17, 15) is 13.2 Å². The minimum absolute atomic E-state index is 0.385. The average Bonchev–Trinajstić information content (AvgIpc) is 2.73. The molecular formula is C24H26N2O3S. The summed E-state index contributed by atoms with van der Waals surface area (Å²) in [5.74, 6) is -0.385. The summed E-state index contributed by atoms with van der Waals surface area (Å²) < 4.78 is 25.6. The van der Waals surface area contributed by atoms with Crippen molar-refractivity contribution in [2.45, 2.75) is 19.0 Å². The SMILES string of the molecule is Cc1cccc(C(NC(=O)C(c2ccccc2)N(C)S(C)(=O)=O)c2ccccc2)c1. The minimum Gasteiger partial charge on any atom is -0.343 e. The summed E-state index contributed by atoms with van der Waals surface area (Å²) >= 11 is 0. The summed E-state index contributed by atoms with van der Waals surface area (Å²) in [7, 11) is -2.17. The van der Waals surface area contributed by atoms with Crippen molar-refractivity contribution in [3.05, 3.63) is 107 Å². The second-order valence-electron chi connectivity index (χ2n) is 7.36. The Kier molecular flexibility index (Phi) is 6.70. The molecule has 156 valence electrons. The molecule has 0 saturated carbocycles. The van der Waals surface area contributed by atoms with Gasteiger partial charge >= 0.3 is 0 Å². The quantitative estimate of drug-likeness (QED) is 0.629. The lowest BCUT2D eigenvalue weighted by atomic mass is 9.96. The van der Waals surface area contributed by atoms with Crippen LogP contribution >= 0.6 is 0 Å². The zero-order chi connectivity index (χ0) is 21.7. The van der Waals surface area contributed by atoms with Crippen LogP contribution in [-0.4, -0.2) is 31.9 Å². The van der Waals surface area contributed by atoms with E-state index >= 15 is 0 Å². The van der Waals surface area contributed by atoms with Gasteiger partial charge in [0.05, 0.1) is 12.3 Å². The molecule has 0 saturated heterocycles. The van der Waals surface area contributed by atoms with Gasteiger partial charge in [-0.2, -0.15) is 4.31 Å². The summed E-state index contributed by atoms with van der Waals surface area (Å²) in [6.07, 6.45) is 1.10. The highest BCUT2D eigenvalue weighted by atomic mass is 32.2. The molecule has 30 heavy (non-hydrogen) atoms. The normalized spacial score (nSPS) is 13.6. The number of amides is 1. The number of carbonyl (C=O) groups is 1. The van der Waals surface area contributed by atoms with E-state index < -0.39 is 22.1 Å². The smallest absolute Gasteiger partial charge is 0.243 e. The zero-order valence-corrected chi connectivity index (χ0v) is 18.1. The molecule has 0 bridgehead atoms. The minimum atomic E-state index is -3.59. The maximum Gasteiger partial charge on any atom is 0.243 e. The summed E-state index contributed by atoms with van der Waals surface area (Å²) in [6.45, 7) is 2.00. The van der Waals surface area contributed by atoms with Crippen LogP contribution in [0.4, 0.5) is 0 Å². The maximum absolute atomic E-state index is 13.5. The standard InChI is InChI=1S/C24H26N2O3S/c1-18-11-10-16-21(17-18)22(19-12-6-4-7-13-19)25-24(27)23(26(2)30(3,28)29)20-14-8-5-9-15-20/h4-17,22-23H,1-3H3,(H,25,27). The molecule has 3 aromatic carbocycles. The van der Waals surface area contributed by atoms with Crippen molar-refractivity contribution in [1.29, 1.82) is 0 Å². The average molecular weight is 423 g/mol. The van der Waals surface area contributed by atoms with Gasteiger partial charge in [0.25, 0.3) is 0 Å². The van der Waals surface area contributed by atoms with Gasteiger partial charge in [0.15, 0.2) is 0 Å². The first-order chi connectivity index (χ1) is 14.3. The largest absolute Gasteiger partial charge is 0.343 e. The Labute approximate surface area is 178 Å². The lowest BCUT2D eigenvalue weighted by Gasteiger charge is -2.28. The summed E-state index contributed by atoms with van der Waals surface area (Å²) in [5.41, 5.74) is 3.54. The van der Waals surface area contributed by atoms with Crippen LogP contribution in [-0.2, 0) is 14.8 Å². The van der Waals surface area contributed by atoms with Gasteiger partial charge in [-0.15, -0.1) is 0 Å². The van der Waals surface area contributed by atoms with E-state index in [0.717, 1.165) is 27.3 Å². The Balaban J connectivity index is 2.02. The van der Waals surface area contributed by atoms with E-state index in [1.165, 1.54) is 7.05 Å². The van der Waals surface area contributed by atoms with Gasteiger partial charge in [-0.05, 0) is 23.6 Å². The Bertz CT molecular complexity index is 1100. The Morgan fingerprint density at radius 2 is 1.37 bits per heavy atom. The first-order valence-corrected chi connectivity index (χ1v) is 11.5. The second kappa shape index (κ2) is 9.24. The van der Waals surface area contributed by atoms with Crippen LogP contribution in [0.15, 0.2) is 84.9 Å². The molecule has 0 aliphatic rings. The van der Waals surface area contributed by atoms with E-state index in [1.54, 1.807) is 24.3 Å². The van der Waals surface area contributed by atoms with Crippen molar-refractivity contribution in [2.75, 3.05) is 13.3 Å². The highest BCUT2D eigenvalue weighted by Crippen LogP contribution is 2.27. The van der Waals surface area contributed by atoms with Crippen LogP contribution < -0.4 is 5.32 Å². The van der Waals surface area contributed by atoms with Gasteiger partial charge in [-0.3, -0.25) is 4.79 Å². The molecule has 1 N–H and O–H groups in total. The lowest BCUT2D eigenvalue weighted by molar-refractivity contribution is -0.125. The first-order valence-electron chi connectivity index (χ1n) is 9.67. The van der Waals surface area contributed by atoms with Crippen LogP contribution in [0.2, 0.25) is 0 Å². The molecule has 0 aromatic heterocycles. The van der Waals surface area contributed by atoms with E-state index in [-0.39, 0.29) is 5.91 Å². The number of aryl methyl sites for hydroxylation is 1. The molecule has 0 aliphatic carbocycles. The maximum atomic E-state index is 13.5. The summed E-state index contributed by atoms with van der Waals surface area (Å²) in [4.78, 5) is 13.5. The number of carbonyl (C=O) groups excluding carboxylic acids is 1. The highest BCUT2D eigenvalue weighted by Gasteiger charge is 2.32. The number of hydrogen-bond acceptors (Lipinski definition) is 3. The number of sulfonamides is 1. The van der Waals surface area contributed by atoms with Crippen molar-refractivity contribution in [1.82, 2.24) is 9.62 Å². The van der Waals surface area contributed by atoms with Crippen molar-refractivity contribution in [3.63, 3.8) is 0 Å². The van der Waals surface area contributed by atoms with Gasteiger partial charge in [0, 0.05) is 7.05 Å². The molecule has 0 heterocycles.